The number of nitro groups is 1. The van der Waals surface area contributed by atoms with Gasteiger partial charge in [0.15, 0.2) is 0 Å². The Morgan fingerprint density at radius 1 is 1.27 bits per heavy atom. The van der Waals surface area contributed by atoms with E-state index in [0.717, 1.165) is 0 Å². The van der Waals surface area contributed by atoms with Crippen LogP contribution in [0.3, 0.4) is 0 Å². The highest BCUT2D eigenvalue weighted by molar-refractivity contribution is 7.89. The van der Waals surface area contributed by atoms with Crippen molar-refractivity contribution in [3.63, 3.8) is 0 Å². The van der Waals surface area contributed by atoms with Gasteiger partial charge in [0.1, 0.15) is 0 Å². The number of hydrogen-bond acceptors (Lipinski definition) is 6. The summed E-state index contributed by atoms with van der Waals surface area (Å²) >= 11 is 0. The van der Waals surface area contributed by atoms with Crippen LogP contribution in [0.25, 0.3) is 0 Å². The van der Waals surface area contributed by atoms with Crippen LogP contribution in [0, 0.1) is 10.1 Å². The monoisotopic (exact) mass is 329 g/mol. The van der Waals surface area contributed by atoms with Gasteiger partial charge in [0.2, 0.25) is 10.0 Å². The average Bonchev–Trinajstić information content (AvgIpc) is 2.48. The lowest BCUT2D eigenvalue weighted by atomic mass is 9.89. The largest absolute Gasteiger partial charge is 0.390 e. The Hall–Kier alpha value is -1.55. The van der Waals surface area contributed by atoms with E-state index in [-0.39, 0.29) is 23.7 Å². The first-order chi connectivity index (χ1) is 10.3. The molecule has 3 N–H and O–H groups in total. The van der Waals surface area contributed by atoms with E-state index in [2.05, 4.69) is 0 Å². The molecule has 122 valence electrons. The molecule has 1 fully saturated rings. The van der Waals surface area contributed by atoms with E-state index >= 15 is 0 Å². The number of piperidine rings is 1. The van der Waals surface area contributed by atoms with Crippen molar-refractivity contribution >= 4 is 15.7 Å². The molecule has 1 aromatic carbocycles. The number of sulfonamides is 1. The molecular weight excluding hydrogens is 310 g/mol. The second kappa shape index (κ2) is 6.29. The van der Waals surface area contributed by atoms with Gasteiger partial charge in [-0.3, -0.25) is 10.1 Å². The van der Waals surface area contributed by atoms with Crippen LogP contribution in [0.15, 0.2) is 29.2 Å². The van der Waals surface area contributed by atoms with Gasteiger partial charge in [0.05, 0.1) is 15.4 Å². The summed E-state index contributed by atoms with van der Waals surface area (Å²) in [6.45, 7) is 0.761. The highest BCUT2D eigenvalue weighted by Crippen LogP contribution is 2.29. The minimum absolute atomic E-state index is 0.0161. The minimum atomic E-state index is -3.70. The summed E-state index contributed by atoms with van der Waals surface area (Å²) in [5.41, 5.74) is 4.38. The SMILES string of the molecule is NCCC1(O)CCN(S(=O)(=O)c2ccc([N+](=O)[O-])cc2)CC1. The number of benzene rings is 1. The van der Waals surface area contributed by atoms with Crippen molar-refractivity contribution in [2.45, 2.75) is 29.8 Å². The minimum Gasteiger partial charge on any atom is -0.390 e. The zero-order valence-corrected chi connectivity index (χ0v) is 12.8. The van der Waals surface area contributed by atoms with Crippen LogP contribution in [-0.4, -0.2) is 48.0 Å². The van der Waals surface area contributed by atoms with E-state index in [1.54, 1.807) is 0 Å². The van der Waals surface area contributed by atoms with Crippen LogP contribution >= 0.6 is 0 Å². The van der Waals surface area contributed by atoms with E-state index in [0.29, 0.717) is 25.8 Å². The van der Waals surface area contributed by atoms with Crippen molar-refractivity contribution in [3.8, 4) is 0 Å². The second-order valence-electron chi connectivity index (χ2n) is 5.42. The van der Waals surface area contributed by atoms with Gasteiger partial charge in [0, 0.05) is 25.2 Å². The van der Waals surface area contributed by atoms with E-state index in [1.807, 2.05) is 0 Å². The van der Waals surface area contributed by atoms with Crippen molar-refractivity contribution in [2.24, 2.45) is 5.73 Å². The smallest absolute Gasteiger partial charge is 0.269 e. The number of hydrogen-bond donors (Lipinski definition) is 2. The number of nitro benzene ring substituents is 1. The lowest BCUT2D eigenvalue weighted by Gasteiger charge is -2.37. The highest BCUT2D eigenvalue weighted by Gasteiger charge is 2.36. The summed E-state index contributed by atoms with van der Waals surface area (Å²) in [7, 11) is -3.70. The molecule has 1 aromatic rings. The molecule has 0 spiro atoms. The predicted octanol–water partition coefficient (Wildman–Crippen LogP) is 0.459. The molecule has 1 saturated heterocycles. The van der Waals surface area contributed by atoms with Crippen LogP contribution in [0.5, 0.6) is 0 Å². The summed E-state index contributed by atoms with van der Waals surface area (Å²) in [6.07, 6.45) is 1.10. The molecule has 1 aliphatic rings. The Balaban J connectivity index is 2.13. The molecule has 1 aliphatic heterocycles. The predicted molar refractivity (Wildman–Crippen MR) is 79.7 cm³/mol. The Labute approximate surface area is 128 Å². The first-order valence-electron chi connectivity index (χ1n) is 6.96. The molecule has 22 heavy (non-hydrogen) atoms. The third-order valence-electron chi connectivity index (χ3n) is 3.95. The third-order valence-corrected chi connectivity index (χ3v) is 5.86. The maximum Gasteiger partial charge on any atom is 0.269 e. The van der Waals surface area contributed by atoms with Crippen molar-refractivity contribution in [2.75, 3.05) is 19.6 Å². The van der Waals surface area contributed by atoms with E-state index in [9.17, 15) is 23.6 Å². The average molecular weight is 329 g/mol. The van der Waals surface area contributed by atoms with Gasteiger partial charge in [-0.05, 0) is 37.9 Å². The molecule has 0 atom stereocenters. The summed E-state index contributed by atoms with van der Waals surface area (Å²) < 4.78 is 26.3. The van der Waals surface area contributed by atoms with Crippen molar-refractivity contribution in [1.82, 2.24) is 4.31 Å². The molecule has 0 aromatic heterocycles. The van der Waals surface area contributed by atoms with E-state index in [4.69, 9.17) is 5.73 Å². The van der Waals surface area contributed by atoms with Gasteiger partial charge in [-0.25, -0.2) is 8.42 Å². The fourth-order valence-electron chi connectivity index (χ4n) is 2.55. The molecule has 1 heterocycles. The van der Waals surface area contributed by atoms with Crippen molar-refractivity contribution in [1.29, 1.82) is 0 Å². The number of non-ortho nitro benzene ring substituents is 1. The second-order valence-corrected chi connectivity index (χ2v) is 7.36. The van der Waals surface area contributed by atoms with Crippen molar-refractivity contribution < 1.29 is 18.4 Å². The number of rotatable bonds is 5. The number of aliphatic hydroxyl groups is 1. The molecule has 9 heteroatoms. The zero-order chi connectivity index (χ0) is 16.4. The van der Waals surface area contributed by atoms with E-state index < -0.39 is 20.5 Å². The van der Waals surface area contributed by atoms with Gasteiger partial charge in [0.25, 0.3) is 5.69 Å². The number of nitrogens with zero attached hydrogens (tertiary/aromatic N) is 2. The summed E-state index contributed by atoms with van der Waals surface area (Å²) in [4.78, 5) is 10.0. The summed E-state index contributed by atoms with van der Waals surface area (Å²) in [6, 6.07) is 4.80. The molecule has 0 radical (unpaired) electrons. The molecule has 0 aliphatic carbocycles. The van der Waals surface area contributed by atoms with Crippen LogP contribution < -0.4 is 5.73 Å². The Morgan fingerprint density at radius 3 is 2.27 bits per heavy atom. The van der Waals surface area contributed by atoms with Crippen LogP contribution in [0.1, 0.15) is 19.3 Å². The lowest BCUT2D eigenvalue weighted by molar-refractivity contribution is -0.384. The standard InChI is InChI=1S/C13H19N3O5S/c14-8-5-13(17)6-9-15(10-7-13)22(20,21)12-3-1-11(2-4-12)16(18)19/h1-4,17H,5-10,14H2. The van der Waals surface area contributed by atoms with Crippen LogP contribution in [0.4, 0.5) is 5.69 Å². The normalized spacial score (nSPS) is 19.0. The Bertz CT molecular complexity index is 636. The summed E-state index contributed by atoms with van der Waals surface area (Å²) in [5, 5.41) is 20.9. The maximum absolute atomic E-state index is 12.5. The molecular formula is C13H19N3O5S. The zero-order valence-electron chi connectivity index (χ0n) is 12.0. The maximum atomic E-state index is 12.5. The van der Waals surface area contributed by atoms with Gasteiger partial charge in [-0.2, -0.15) is 4.31 Å². The van der Waals surface area contributed by atoms with Crippen LogP contribution in [0.2, 0.25) is 0 Å². The van der Waals surface area contributed by atoms with E-state index in [1.165, 1.54) is 28.6 Å². The first kappa shape index (κ1) is 16.8. The van der Waals surface area contributed by atoms with Gasteiger partial charge in [-0.15, -0.1) is 0 Å². The topological polar surface area (TPSA) is 127 Å². The fraction of sp³-hybridized carbons (Fsp3) is 0.538. The summed E-state index contributed by atoms with van der Waals surface area (Å²) in [5.74, 6) is 0. The first-order valence-corrected chi connectivity index (χ1v) is 8.40. The molecule has 0 saturated carbocycles. The quantitative estimate of drug-likeness (QED) is 0.597. The Kier molecular flexibility index (Phi) is 4.81. The highest BCUT2D eigenvalue weighted by atomic mass is 32.2. The van der Waals surface area contributed by atoms with Gasteiger partial charge < -0.3 is 10.8 Å². The van der Waals surface area contributed by atoms with Gasteiger partial charge in [-0.1, -0.05) is 0 Å². The van der Waals surface area contributed by atoms with Crippen LogP contribution in [-0.2, 0) is 10.0 Å². The fourth-order valence-corrected chi connectivity index (χ4v) is 3.99. The molecule has 0 amide bonds. The molecule has 0 bridgehead atoms. The Morgan fingerprint density at radius 2 is 1.82 bits per heavy atom. The number of nitrogens with two attached hydrogens (primary N) is 1. The molecule has 8 nitrogen and oxygen atoms in total. The van der Waals surface area contributed by atoms with Gasteiger partial charge >= 0.3 is 0 Å². The lowest BCUT2D eigenvalue weighted by Crippen LogP contribution is -2.47. The van der Waals surface area contributed by atoms with Crippen molar-refractivity contribution in [3.05, 3.63) is 34.4 Å². The molecule has 2 rings (SSSR count). The molecule has 0 unspecified atom stereocenters. The third kappa shape index (κ3) is 3.43.